The number of hydrogen-bond donors (Lipinski definition) is 2. The van der Waals surface area contributed by atoms with Gasteiger partial charge in [0.1, 0.15) is 0 Å². The van der Waals surface area contributed by atoms with E-state index in [-0.39, 0.29) is 25.0 Å². The van der Waals surface area contributed by atoms with E-state index in [1.807, 2.05) is 62.4 Å². The number of carboxylic acid groups (broad SMARTS) is 1. The maximum atomic E-state index is 12.6. The van der Waals surface area contributed by atoms with Gasteiger partial charge in [-0.2, -0.15) is 0 Å². The lowest BCUT2D eigenvalue weighted by Gasteiger charge is -2.26. The first kappa shape index (κ1) is 18.5. The zero-order valence-electron chi connectivity index (χ0n) is 14.8. The Morgan fingerprint density at radius 3 is 1.92 bits per heavy atom. The third kappa shape index (κ3) is 4.83. The van der Waals surface area contributed by atoms with E-state index in [9.17, 15) is 9.59 Å². The highest BCUT2D eigenvalue weighted by molar-refractivity contribution is 5.76. The molecular weight excluding hydrogens is 316 g/mol. The van der Waals surface area contributed by atoms with Gasteiger partial charge in [-0.1, -0.05) is 48.5 Å². The maximum absolute atomic E-state index is 12.6. The smallest absolute Gasteiger partial charge is 0.317 e. The minimum atomic E-state index is -0.922. The molecule has 2 aromatic rings. The predicted molar refractivity (Wildman–Crippen MR) is 97.6 cm³/mol. The summed E-state index contributed by atoms with van der Waals surface area (Å²) >= 11 is 0. The lowest BCUT2D eigenvalue weighted by Crippen LogP contribution is -2.41. The van der Waals surface area contributed by atoms with Crippen molar-refractivity contribution >= 4 is 12.0 Å². The molecule has 0 saturated carbocycles. The molecule has 0 aromatic heterocycles. The number of carbonyl (C=O) groups excluding carboxylic acids is 1. The second-order valence-electron chi connectivity index (χ2n) is 6.16. The molecular formula is C20H24N2O3. The molecule has 132 valence electrons. The number of aryl methyl sites for hydroxylation is 2. The fraction of sp³-hybridized carbons (Fsp3) is 0.300. The van der Waals surface area contributed by atoms with E-state index < -0.39 is 5.97 Å². The summed E-state index contributed by atoms with van der Waals surface area (Å²) in [4.78, 5) is 24.7. The standard InChI is InChI=1S/C20H24N2O3/c1-14-8-4-6-10-16(14)19(17-11-7-5-9-15(17)2)21-20(25)22(3)13-12-18(23)24/h4-11,19H,12-13H2,1-3H3,(H,21,25)(H,23,24). The van der Waals surface area contributed by atoms with Crippen LogP contribution in [-0.2, 0) is 4.79 Å². The molecule has 0 aliphatic rings. The van der Waals surface area contributed by atoms with Crippen molar-refractivity contribution in [2.24, 2.45) is 0 Å². The Morgan fingerprint density at radius 2 is 1.48 bits per heavy atom. The number of carboxylic acids is 1. The van der Waals surface area contributed by atoms with Crippen LogP contribution in [0.2, 0.25) is 0 Å². The van der Waals surface area contributed by atoms with Gasteiger partial charge in [0.15, 0.2) is 0 Å². The molecule has 2 N–H and O–H groups in total. The van der Waals surface area contributed by atoms with Crippen LogP contribution in [0, 0.1) is 13.8 Å². The third-order valence-corrected chi connectivity index (χ3v) is 4.27. The predicted octanol–water partition coefficient (Wildman–Crippen LogP) is 3.51. The molecule has 0 aliphatic heterocycles. The van der Waals surface area contributed by atoms with Gasteiger partial charge in [0, 0.05) is 13.6 Å². The normalized spacial score (nSPS) is 10.6. The Morgan fingerprint density at radius 1 is 1.00 bits per heavy atom. The van der Waals surface area contributed by atoms with E-state index in [1.165, 1.54) is 4.90 Å². The Balaban J connectivity index is 2.30. The number of urea groups is 1. The SMILES string of the molecule is Cc1ccccc1C(NC(=O)N(C)CCC(=O)O)c1ccccc1C. The van der Waals surface area contributed by atoms with Gasteiger partial charge < -0.3 is 15.3 Å². The topological polar surface area (TPSA) is 69.6 Å². The van der Waals surface area contributed by atoms with Crippen LogP contribution in [0.5, 0.6) is 0 Å². The monoisotopic (exact) mass is 340 g/mol. The number of benzene rings is 2. The largest absolute Gasteiger partial charge is 0.481 e. The molecule has 0 heterocycles. The highest BCUT2D eigenvalue weighted by Gasteiger charge is 2.21. The fourth-order valence-electron chi connectivity index (χ4n) is 2.74. The van der Waals surface area contributed by atoms with E-state index in [2.05, 4.69) is 5.32 Å². The van der Waals surface area contributed by atoms with E-state index in [1.54, 1.807) is 7.05 Å². The highest BCUT2D eigenvalue weighted by atomic mass is 16.4. The van der Waals surface area contributed by atoms with Crippen LogP contribution >= 0.6 is 0 Å². The van der Waals surface area contributed by atoms with Crippen LogP contribution in [0.1, 0.15) is 34.7 Å². The molecule has 2 aromatic carbocycles. The molecule has 5 nitrogen and oxygen atoms in total. The summed E-state index contributed by atoms with van der Waals surface area (Å²) in [6, 6.07) is 15.3. The van der Waals surface area contributed by atoms with Crippen molar-refractivity contribution in [2.45, 2.75) is 26.3 Å². The first-order valence-corrected chi connectivity index (χ1v) is 8.24. The van der Waals surface area contributed by atoms with Gasteiger partial charge in [0.25, 0.3) is 0 Å². The van der Waals surface area contributed by atoms with Gasteiger partial charge in [-0.15, -0.1) is 0 Å². The van der Waals surface area contributed by atoms with Crippen molar-refractivity contribution in [3.05, 3.63) is 70.8 Å². The molecule has 0 spiro atoms. The molecule has 0 saturated heterocycles. The zero-order chi connectivity index (χ0) is 18.4. The van der Waals surface area contributed by atoms with Crippen LogP contribution in [-0.4, -0.2) is 35.6 Å². The summed E-state index contributed by atoms with van der Waals surface area (Å²) in [5.41, 5.74) is 4.22. The molecule has 0 radical (unpaired) electrons. The summed E-state index contributed by atoms with van der Waals surface area (Å²) in [6.07, 6.45) is -0.0800. The second-order valence-corrected chi connectivity index (χ2v) is 6.16. The van der Waals surface area contributed by atoms with Crippen LogP contribution in [0.25, 0.3) is 0 Å². The Hall–Kier alpha value is -2.82. The fourth-order valence-corrected chi connectivity index (χ4v) is 2.74. The van der Waals surface area contributed by atoms with Gasteiger partial charge in [-0.3, -0.25) is 4.79 Å². The summed E-state index contributed by atoms with van der Waals surface area (Å²) in [5.74, 6) is -0.922. The summed E-state index contributed by atoms with van der Waals surface area (Å²) in [5, 5.41) is 11.8. The van der Waals surface area contributed by atoms with E-state index >= 15 is 0 Å². The lowest BCUT2D eigenvalue weighted by molar-refractivity contribution is -0.137. The summed E-state index contributed by atoms with van der Waals surface area (Å²) in [6.45, 7) is 4.19. The molecule has 0 bridgehead atoms. The van der Waals surface area contributed by atoms with Gasteiger partial charge in [0.05, 0.1) is 12.5 Å². The number of amides is 2. The van der Waals surface area contributed by atoms with E-state index in [0.29, 0.717) is 0 Å². The highest BCUT2D eigenvalue weighted by Crippen LogP contribution is 2.27. The lowest BCUT2D eigenvalue weighted by atomic mass is 9.92. The zero-order valence-corrected chi connectivity index (χ0v) is 14.8. The van der Waals surface area contributed by atoms with Gasteiger partial charge in [-0.25, -0.2) is 4.79 Å². The third-order valence-electron chi connectivity index (χ3n) is 4.27. The van der Waals surface area contributed by atoms with Crippen molar-refractivity contribution in [1.29, 1.82) is 0 Å². The van der Waals surface area contributed by atoms with E-state index in [0.717, 1.165) is 22.3 Å². The van der Waals surface area contributed by atoms with E-state index in [4.69, 9.17) is 5.11 Å². The summed E-state index contributed by atoms with van der Waals surface area (Å²) in [7, 11) is 1.60. The van der Waals surface area contributed by atoms with Gasteiger partial charge >= 0.3 is 12.0 Å². The average Bonchev–Trinajstić information content (AvgIpc) is 2.58. The molecule has 25 heavy (non-hydrogen) atoms. The molecule has 2 amide bonds. The van der Waals surface area contributed by atoms with Gasteiger partial charge in [-0.05, 0) is 36.1 Å². The van der Waals surface area contributed by atoms with Gasteiger partial charge in [0.2, 0.25) is 0 Å². The minimum Gasteiger partial charge on any atom is -0.481 e. The van der Waals surface area contributed by atoms with Crippen LogP contribution in [0.3, 0.4) is 0 Å². The molecule has 5 heteroatoms. The first-order chi connectivity index (χ1) is 11.9. The van der Waals surface area contributed by atoms with Crippen LogP contribution in [0.15, 0.2) is 48.5 Å². The number of nitrogens with zero attached hydrogens (tertiary/aromatic N) is 1. The number of hydrogen-bond acceptors (Lipinski definition) is 2. The maximum Gasteiger partial charge on any atom is 0.317 e. The van der Waals surface area contributed by atoms with Crippen molar-refractivity contribution in [3.63, 3.8) is 0 Å². The van der Waals surface area contributed by atoms with Crippen LogP contribution < -0.4 is 5.32 Å². The van der Waals surface area contributed by atoms with Crippen molar-refractivity contribution in [1.82, 2.24) is 10.2 Å². The Kier molecular flexibility index (Phi) is 6.17. The van der Waals surface area contributed by atoms with Crippen molar-refractivity contribution < 1.29 is 14.7 Å². The average molecular weight is 340 g/mol. The quantitative estimate of drug-likeness (QED) is 0.845. The summed E-state index contributed by atoms with van der Waals surface area (Å²) < 4.78 is 0. The Labute approximate surface area is 148 Å². The minimum absolute atomic E-state index is 0.0800. The molecule has 0 atom stereocenters. The molecule has 0 unspecified atom stereocenters. The number of aliphatic carboxylic acids is 1. The molecule has 0 fully saturated rings. The molecule has 2 rings (SSSR count). The van der Waals surface area contributed by atoms with Crippen molar-refractivity contribution in [2.75, 3.05) is 13.6 Å². The number of nitrogens with one attached hydrogen (secondary N) is 1. The van der Waals surface area contributed by atoms with Crippen LogP contribution in [0.4, 0.5) is 4.79 Å². The Bertz CT molecular complexity index is 713. The molecule has 0 aliphatic carbocycles. The van der Waals surface area contributed by atoms with Crippen molar-refractivity contribution in [3.8, 4) is 0 Å². The first-order valence-electron chi connectivity index (χ1n) is 8.24. The number of carbonyl (C=O) groups is 2. The number of rotatable bonds is 6. The second kappa shape index (κ2) is 8.33.